The van der Waals surface area contributed by atoms with Crippen molar-refractivity contribution in [3.8, 4) is 17.2 Å². The Kier molecular flexibility index (Phi) is 6.69. The summed E-state index contributed by atoms with van der Waals surface area (Å²) in [5.74, 6) is -0.0379. The second kappa shape index (κ2) is 9.60. The van der Waals surface area contributed by atoms with Crippen LogP contribution in [0.25, 0.3) is 11.0 Å². The van der Waals surface area contributed by atoms with Gasteiger partial charge in [-0.3, -0.25) is 4.79 Å². The summed E-state index contributed by atoms with van der Waals surface area (Å²) in [6, 6.07) is 12.9. The number of rotatable bonds is 8. The molecule has 8 nitrogen and oxygen atoms in total. The fourth-order valence-electron chi connectivity index (χ4n) is 2.68. The molecular weight excluding hydrogens is 390 g/mol. The number of esters is 1. The van der Waals surface area contributed by atoms with Crippen molar-refractivity contribution in [3.05, 3.63) is 64.5 Å². The van der Waals surface area contributed by atoms with Crippen LogP contribution in [-0.2, 0) is 4.79 Å². The Hall–Kier alpha value is -3.81. The topological polar surface area (TPSA) is 104 Å². The summed E-state index contributed by atoms with van der Waals surface area (Å²) in [4.78, 5) is 36.3. The van der Waals surface area contributed by atoms with E-state index in [0.717, 1.165) is 6.42 Å². The highest BCUT2D eigenvalue weighted by molar-refractivity contribution is 5.96. The lowest BCUT2D eigenvalue weighted by Crippen LogP contribution is -2.28. The van der Waals surface area contributed by atoms with Crippen LogP contribution in [0.5, 0.6) is 17.2 Å². The van der Waals surface area contributed by atoms with Crippen molar-refractivity contribution in [1.29, 1.82) is 0 Å². The number of carbonyl (C=O) groups is 2. The summed E-state index contributed by atoms with van der Waals surface area (Å²) in [6.45, 7) is 2.04. The summed E-state index contributed by atoms with van der Waals surface area (Å²) in [6.07, 6.45) is 0.750. The molecule has 3 aromatic rings. The molecule has 0 unspecified atom stereocenters. The van der Waals surface area contributed by atoms with Gasteiger partial charge in [-0.15, -0.1) is 0 Å². The van der Waals surface area contributed by atoms with Crippen LogP contribution < -0.4 is 25.2 Å². The van der Waals surface area contributed by atoms with Gasteiger partial charge < -0.3 is 23.9 Å². The van der Waals surface area contributed by atoms with E-state index in [4.69, 9.17) is 18.6 Å². The Morgan fingerprint density at radius 2 is 1.83 bits per heavy atom. The number of benzene rings is 2. The van der Waals surface area contributed by atoms with Gasteiger partial charge in [0, 0.05) is 18.0 Å². The highest BCUT2D eigenvalue weighted by Crippen LogP contribution is 2.26. The molecule has 0 bridgehead atoms. The average Bonchev–Trinajstić information content (AvgIpc) is 2.75. The lowest BCUT2D eigenvalue weighted by molar-refractivity contribution is -0.136. The van der Waals surface area contributed by atoms with Gasteiger partial charge in [0.15, 0.2) is 18.1 Å². The summed E-state index contributed by atoms with van der Waals surface area (Å²) in [7, 11) is 1.50. The zero-order valence-electron chi connectivity index (χ0n) is 16.6. The number of carbonyl (C=O) groups excluding carboxylic acids is 2. The molecule has 3 rings (SSSR count). The van der Waals surface area contributed by atoms with E-state index in [1.807, 2.05) is 6.92 Å². The lowest BCUT2D eigenvalue weighted by Gasteiger charge is -2.10. The van der Waals surface area contributed by atoms with Gasteiger partial charge in [0.2, 0.25) is 0 Å². The van der Waals surface area contributed by atoms with Crippen molar-refractivity contribution in [2.75, 3.05) is 20.3 Å². The van der Waals surface area contributed by atoms with E-state index < -0.39 is 17.5 Å². The molecule has 2 aromatic carbocycles. The van der Waals surface area contributed by atoms with E-state index in [1.165, 1.54) is 25.3 Å². The SMILES string of the molecule is CCCNC(=O)c1cc2ccc(OC(=O)COc3ccccc3OC)cc2oc1=O. The Balaban J connectivity index is 1.70. The predicted molar refractivity (Wildman–Crippen MR) is 109 cm³/mol. The van der Waals surface area contributed by atoms with Gasteiger partial charge in [-0.1, -0.05) is 19.1 Å². The molecule has 0 saturated carbocycles. The second-order valence-electron chi connectivity index (χ2n) is 6.32. The van der Waals surface area contributed by atoms with Crippen molar-refractivity contribution in [1.82, 2.24) is 5.32 Å². The normalized spacial score (nSPS) is 10.5. The van der Waals surface area contributed by atoms with Crippen molar-refractivity contribution < 1.29 is 28.2 Å². The van der Waals surface area contributed by atoms with Crippen LogP contribution in [0.1, 0.15) is 23.7 Å². The summed E-state index contributed by atoms with van der Waals surface area (Å²) < 4.78 is 21.0. The van der Waals surface area contributed by atoms with Crippen LogP contribution in [0.15, 0.2) is 57.7 Å². The van der Waals surface area contributed by atoms with Crippen LogP contribution in [-0.4, -0.2) is 32.1 Å². The zero-order valence-corrected chi connectivity index (χ0v) is 16.6. The Bertz CT molecular complexity index is 1120. The number of amides is 1. The first kappa shape index (κ1) is 20.9. The zero-order chi connectivity index (χ0) is 21.5. The molecule has 30 heavy (non-hydrogen) atoms. The maximum atomic E-state index is 12.1. The van der Waals surface area contributed by atoms with Gasteiger partial charge in [0.25, 0.3) is 5.91 Å². The Morgan fingerprint density at radius 3 is 2.57 bits per heavy atom. The Morgan fingerprint density at radius 1 is 1.07 bits per heavy atom. The molecule has 0 spiro atoms. The third kappa shape index (κ3) is 4.96. The van der Waals surface area contributed by atoms with Crippen LogP contribution in [0.3, 0.4) is 0 Å². The molecule has 0 aliphatic carbocycles. The van der Waals surface area contributed by atoms with E-state index in [0.29, 0.717) is 23.4 Å². The number of para-hydroxylation sites is 2. The second-order valence-corrected chi connectivity index (χ2v) is 6.32. The van der Waals surface area contributed by atoms with E-state index in [2.05, 4.69) is 5.32 Å². The fourth-order valence-corrected chi connectivity index (χ4v) is 2.68. The molecule has 0 aliphatic rings. The number of nitrogens with one attached hydrogen (secondary N) is 1. The predicted octanol–water partition coefficient (Wildman–Crippen LogP) is 2.93. The first-order valence-corrected chi connectivity index (χ1v) is 9.34. The van der Waals surface area contributed by atoms with Crippen molar-refractivity contribution in [3.63, 3.8) is 0 Å². The number of fused-ring (bicyclic) bond motifs is 1. The Labute approximate surface area is 172 Å². The molecular formula is C22H21NO7. The average molecular weight is 411 g/mol. The molecule has 0 radical (unpaired) electrons. The van der Waals surface area contributed by atoms with Gasteiger partial charge in [0.1, 0.15) is 16.9 Å². The molecule has 1 aromatic heterocycles. The molecule has 8 heteroatoms. The minimum Gasteiger partial charge on any atom is -0.493 e. The maximum absolute atomic E-state index is 12.1. The number of ether oxygens (including phenoxy) is 3. The number of hydrogen-bond donors (Lipinski definition) is 1. The molecule has 0 saturated heterocycles. The molecule has 1 heterocycles. The summed E-state index contributed by atoms with van der Waals surface area (Å²) in [5.41, 5.74) is -0.645. The van der Waals surface area contributed by atoms with Crippen LogP contribution in [0, 0.1) is 0 Å². The molecule has 156 valence electrons. The standard InChI is InChI=1S/C22H21NO7/c1-3-10-23-21(25)16-11-14-8-9-15(12-19(14)30-22(16)26)29-20(24)13-28-18-7-5-4-6-17(18)27-2/h4-9,11-12H,3,10,13H2,1-2H3,(H,23,25). The van der Waals surface area contributed by atoms with Crippen molar-refractivity contribution in [2.24, 2.45) is 0 Å². The number of hydrogen-bond acceptors (Lipinski definition) is 7. The third-order valence-electron chi connectivity index (χ3n) is 4.13. The summed E-state index contributed by atoms with van der Waals surface area (Å²) >= 11 is 0. The number of methoxy groups -OCH3 is 1. The van der Waals surface area contributed by atoms with E-state index >= 15 is 0 Å². The first-order chi connectivity index (χ1) is 14.5. The third-order valence-corrected chi connectivity index (χ3v) is 4.13. The summed E-state index contributed by atoms with van der Waals surface area (Å²) in [5, 5.41) is 3.17. The first-order valence-electron chi connectivity index (χ1n) is 9.34. The van der Waals surface area contributed by atoms with Gasteiger partial charge in [-0.2, -0.15) is 0 Å². The molecule has 0 atom stereocenters. The van der Waals surface area contributed by atoms with Crippen LogP contribution in [0.2, 0.25) is 0 Å². The highest BCUT2D eigenvalue weighted by atomic mass is 16.6. The van der Waals surface area contributed by atoms with Crippen LogP contribution >= 0.6 is 0 Å². The molecule has 1 amide bonds. The minimum atomic E-state index is -0.765. The van der Waals surface area contributed by atoms with E-state index in [9.17, 15) is 14.4 Å². The van der Waals surface area contributed by atoms with Gasteiger partial charge >= 0.3 is 11.6 Å². The monoisotopic (exact) mass is 411 g/mol. The molecule has 0 aliphatic heterocycles. The van der Waals surface area contributed by atoms with E-state index in [1.54, 1.807) is 30.3 Å². The largest absolute Gasteiger partial charge is 0.493 e. The van der Waals surface area contributed by atoms with Crippen molar-refractivity contribution in [2.45, 2.75) is 13.3 Å². The minimum absolute atomic E-state index is 0.0779. The van der Waals surface area contributed by atoms with Crippen molar-refractivity contribution >= 4 is 22.8 Å². The molecule has 0 fully saturated rings. The van der Waals surface area contributed by atoms with E-state index in [-0.39, 0.29) is 23.5 Å². The molecule has 1 N–H and O–H groups in total. The lowest BCUT2D eigenvalue weighted by atomic mass is 10.1. The highest BCUT2D eigenvalue weighted by Gasteiger charge is 2.15. The van der Waals surface area contributed by atoms with Gasteiger partial charge in [-0.05, 0) is 36.8 Å². The fraction of sp³-hybridized carbons (Fsp3) is 0.227. The quantitative estimate of drug-likeness (QED) is 0.345. The smallest absolute Gasteiger partial charge is 0.349 e. The van der Waals surface area contributed by atoms with Crippen LogP contribution in [0.4, 0.5) is 0 Å². The maximum Gasteiger partial charge on any atom is 0.349 e. The van der Waals surface area contributed by atoms with Gasteiger partial charge in [-0.25, -0.2) is 9.59 Å². The van der Waals surface area contributed by atoms with Gasteiger partial charge in [0.05, 0.1) is 7.11 Å².